The van der Waals surface area contributed by atoms with Crippen molar-refractivity contribution in [2.24, 2.45) is 22.7 Å². The van der Waals surface area contributed by atoms with E-state index in [1.165, 1.54) is 42.0 Å². The van der Waals surface area contributed by atoms with Crippen LogP contribution in [0.5, 0.6) is 0 Å². The molecule has 0 N–H and O–H groups in total. The van der Waals surface area contributed by atoms with Gasteiger partial charge in [-0.25, -0.2) is 0 Å². The first-order valence-corrected chi connectivity index (χ1v) is 16.4. The van der Waals surface area contributed by atoms with E-state index >= 15 is 0 Å². The molecule has 1 aromatic rings. The Labute approximate surface area is 247 Å². The van der Waals surface area contributed by atoms with Crippen LogP contribution < -0.4 is 0 Å². The molecule has 0 saturated carbocycles. The number of benzene rings is 1. The fourth-order valence-electron chi connectivity index (χ4n) is 6.61. The molecule has 0 heterocycles. The first kappa shape index (κ1) is 36.3. The van der Waals surface area contributed by atoms with E-state index in [1.54, 1.807) is 0 Å². The lowest BCUT2D eigenvalue weighted by Gasteiger charge is -2.39. The van der Waals surface area contributed by atoms with E-state index in [1.807, 2.05) is 0 Å². The predicted octanol–water partition coefficient (Wildman–Crippen LogP) is 10.2. The average Bonchev–Trinajstić information content (AvgIpc) is 2.85. The third-order valence-electron chi connectivity index (χ3n) is 8.97. The van der Waals surface area contributed by atoms with Crippen LogP contribution >= 0.6 is 0 Å². The summed E-state index contributed by atoms with van der Waals surface area (Å²) in [5.41, 5.74) is 6.00. The maximum absolute atomic E-state index is 13.7. The zero-order valence-corrected chi connectivity index (χ0v) is 28.1. The van der Waals surface area contributed by atoms with E-state index in [0.29, 0.717) is 17.6 Å². The minimum atomic E-state index is -0.512. The van der Waals surface area contributed by atoms with Crippen LogP contribution in [0.4, 0.5) is 0 Å². The Morgan fingerprint density at radius 1 is 0.950 bits per heavy atom. The van der Waals surface area contributed by atoms with Crippen LogP contribution in [-0.2, 0) is 28.9 Å². The normalized spacial score (nSPS) is 17.4. The van der Waals surface area contributed by atoms with E-state index in [4.69, 9.17) is 0 Å². The molecule has 1 aliphatic rings. The maximum Gasteiger partial charge on any atom is 0.163 e. The molecule has 0 aromatic heterocycles. The second kappa shape index (κ2) is 16.6. The summed E-state index contributed by atoms with van der Waals surface area (Å²) < 4.78 is 0. The third kappa shape index (κ3) is 10.3. The Morgan fingerprint density at radius 2 is 1.57 bits per heavy atom. The molecule has 1 aromatic carbocycles. The lowest BCUT2D eigenvalue weighted by atomic mass is 9.64. The number of ketones is 3. The largest absolute Gasteiger partial charge is 0.300 e. The van der Waals surface area contributed by atoms with Gasteiger partial charge in [0, 0.05) is 17.4 Å². The summed E-state index contributed by atoms with van der Waals surface area (Å²) in [5, 5.41) is 0. The van der Waals surface area contributed by atoms with Crippen molar-refractivity contribution >= 4 is 17.3 Å². The molecule has 40 heavy (non-hydrogen) atoms. The second-order valence-electron chi connectivity index (χ2n) is 14.0. The molecule has 1 aliphatic carbocycles. The lowest BCUT2D eigenvalue weighted by molar-refractivity contribution is -0.135. The van der Waals surface area contributed by atoms with Gasteiger partial charge < -0.3 is 0 Å². The molecule has 0 fully saturated rings. The number of fused-ring (bicyclic) bond motifs is 1. The highest BCUT2D eigenvalue weighted by atomic mass is 16.1. The highest BCUT2D eigenvalue weighted by Crippen LogP contribution is 2.44. The van der Waals surface area contributed by atoms with Gasteiger partial charge in [-0.2, -0.15) is 0 Å². The molecule has 228 valence electrons. The summed E-state index contributed by atoms with van der Waals surface area (Å²) in [6.07, 6.45) is 11.8. The number of hydrogen-bond donors (Lipinski definition) is 0. The smallest absolute Gasteiger partial charge is 0.163 e. The van der Waals surface area contributed by atoms with E-state index in [0.717, 1.165) is 63.4 Å². The summed E-state index contributed by atoms with van der Waals surface area (Å²) in [6.45, 7) is 23.3. The Balaban J connectivity index is 0.00000254. The van der Waals surface area contributed by atoms with Crippen LogP contribution in [0.1, 0.15) is 166 Å². The van der Waals surface area contributed by atoms with E-state index in [9.17, 15) is 14.4 Å². The molecule has 0 radical (unpaired) electrons. The van der Waals surface area contributed by atoms with Crippen molar-refractivity contribution < 1.29 is 14.4 Å². The lowest BCUT2D eigenvalue weighted by Crippen LogP contribution is -2.38. The molecule has 0 saturated heterocycles. The zero-order valence-electron chi connectivity index (χ0n) is 28.1. The number of Topliss-reactive ketones (excluding diaryl/α,β-unsaturated/α-hetero) is 3. The molecule has 0 spiro atoms. The molecular weight excluding hydrogens is 492 g/mol. The van der Waals surface area contributed by atoms with Crippen molar-refractivity contribution in [3.63, 3.8) is 0 Å². The highest BCUT2D eigenvalue weighted by Gasteiger charge is 2.41. The van der Waals surface area contributed by atoms with Crippen molar-refractivity contribution in [1.29, 1.82) is 0 Å². The van der Waals surface area contributed by atoms with E-state index in [2.05, 4.69) is 75.3 Å². The Hall–Kier alpha value is -1.77. The molecule has 0 aliphatic heterocycles. The fourth-order valence-corrected chi connectivity index (χ4v) is 6.61. The highest BCUT2D eigenvalue weighted by molar-refractivity contribution is 6.01. The summed E-state index contributed by atoms with van der Waals surface area (Å²) in [7, 11) is 0. The Kier molecular flexibility index (Phi) is 15.1. The van der Waals surface area contributed by atoms with Gasteiger partial charge in [0.1, 0.15) is 11.6 Å². The molecule has 2 rings (SSSR count). The van der Waals surface area contributed by atoms with Crippen LogP contribution in [0.3, 0.4) is 0 Å². The molecular formula is C37H62O3. The average molecular weight is 555 g/mol. The van der Waals surface area contributed by atoms with E-state index in [-0.39, 0.29) is 29.8 Å². The summed E-state index contributed by atoms with van der Waals surface area (Å²) in [4.78, 5) is 38.7. The second-order valence-corrected chi connectivity index (χ2v) is 14.0. The topological polar surface area (TPSA) is 51.2 Å². The zero-order chi connectivity index (χ0) is 30.7. The van der Waals surface area contributed by atoms with Gasteiger partial charge in [-0.05, 0) is 105 Å². The predicted molar refractivity (Wildman–Crippen MR) is 171 cm³/mol. The Bertz CT molecular complexity index is 980. The first-order chi connectivity index (χ1) is 18.7. The van der Waals surface area contributed by atoms with Gasteiger partial charge in [0.25, 0.3) is 0 Å². The van der Waals surface area contributed by atoms with Gasteiger partial charge in [0.2, 0.25) is 0 Å². The summed E-state index contributed by atoms with van der Waals surface area (Å²) in [5.74, 6) is 0.762. The fraction of sp³-hybridized carbons (Fsp3) is 0.757. The molecule has 0 amide bonds. The minimum Gasteiger partial charge on any atom is -0.300 e. The number of rotatable bonds is 14. The van der Waals surface area contributed by atoms with Gasteiger partial charge in [-0.15, -0.1) is 0 Å². The van der Waals surface area contributed by atoms with Gasteiger partial charge >= 0.3 is 0 Å². The summed E-state index contributed by atoms with van der Waals surface area (Å²) in [6, 6.07) is 2.41. The van der Waals surface area contributed by atoms with Crippen molar-refractivity contribution in [3.05, 3.63) is 33.9 Å². The Morgan fingerprint density at radius 3 is 2.08 bits per heavy atom. The summed E-state index contributed by atoms with van der Waals surface area (Å²) >= 11 is 0. The van der Waals surface area contributed by atoms with E-state index < -0.39 is 5.41 Å². The molecule has 3 unspecified atom stereocenters. The molecule has 3 heteroatoms. The van der Waals surface area contributed by atoms with Gasteiger partial charge in [0.15, 0.2) is 5.78 Å². The number of carbonyl (C=O) groups is 3. The van der Waals surface area contributed by atoms with Crippen LogP contribution in [-0.4, -0.2) is 17.3 Å². The quantitative estimate of drug-likeness (QED) is 0.215. The SMILES string of the molecule is CCC.CCCc1cc(CCCC(C)(C)C)c2c(c1C)C(=O)CC(CC(CCC)C(C)(CC)C(=O)CC(C)=O)C2. The number of aryl methyl sites for hydroxylation is 2. The molecule has 0 bridgehead atoms. The molecule has 3 nitrogen and oxygen atoms in total. The van der Waals surface area contributed by atoms with Crippen molar-refractivity contribution in [2.75, 3.05) is 0 Å². The standard InChI is InChI=1S/C34H54O3.C3H8/c1-10-14-26-22-27(16-13-17-33(6,7)8)29-20-25(21-30(36)32(29)24(26)5)19-28(15-11-2)34(9,12-3)31(37)18-23(4)35;1-3-2/h22,25,28H,10-21H2,1-9H3;3H2,1-2H3. The van der Waals surface area contributed by atoms with Crippen LogP contribution in [0.25, 0.3) is 0 Å². The number of carbonyl (C=O) groups excluding carboxylic acids is 3. The van der Waals surface area contributed by atoms with Crippen LogP contribution in [0.15, 0.2) is 6.07 Å². The third-order valence-corrected chi connectivity index (χ3v) is 8.97. The van der Waals surface area contributed by atoms with Gasteiger partial charge in [-0.3, -0.25) is 14.4 Å². The molecule has 3 atom stereocenters. The van der Waals surface area contributed by atoms with Gasteiger partial charge in [-0.1, -0.05) is 87.6 Å². The van der Waals surface area contributed by atoms with Crippen LogP contribution in [0.2, 0.25) is 0 Å². The maximum atomic E-state index is 13.7. The van der Waals surface area contributed by atoms with Crippen molar-refractivity contribution in [3.8, 4) is 0 Å². The minimum absolute atomic E-state index is 0.0221. The first-order valence-electron chi connectivity index (χ1n) is 16.4. The van der Waals surface area contributed by atoms with Gasteiger partial charge in [0.05, 0.1) is 6.42 Å². The number of hydrogen-bond acceptors (Lipinski definition) is 3. The van der Waals surface area contributed by atoms with Crippen LogP contribution in [0, 0.1) is 29.6 Å². The monoisotopic (exact) mass is 554 g/mol. The van der Waals surface area contributed by atoms with Crippen molar-refractivity contribution in [2.45, 2.75) is 160 Å². The van der Waals surface area contributed by atoms with Crippen molar-refractivity contribution in [1.82, 2.24) is 0 Å².